The molecule has 1 saturated heterocycles. The van der Waals surface area contributed by atoms with Crippen LogP contribution in [-0.2, 0) is 5.41 Å². The molecular weight excluding hydrogens is 445 g/mol. The SMILES string of the molecule is C=C(CC(C)C(C)(C)C)C1(c2ccccc2)CCN(C(=O)c2ccc(-c3ccc(F)cc3)cc2)CC1. The molecule has 0 aromatic heterocycles. The molecule has 3 aromatic rings. The molecule has 0 N–H and O–H groups in total. The summed E-state index contributed by atoms with van der Waals surface area (Å²) in [7, 11) is 0. The van der Waals surface area contributed by atoms with Gasteiger partial charge in [0.2, 0.25) is 0 Å². The first-order chi connectivity index (χ1) is 17.1. The Morgan fingerprint density at radius 3 is 1.97 bits per heavy atom. The van der Waals surface area contributed by atoms with Crippen LogP contribution in [0.1, 0.15) is 62.9 Å². The van der Waals surface area contributed by atoms with Gasteiger partial charge < -0.3 is 4.90 Å². The molecule has 0 aliphatic carbocycles. The minimum atomic E-state index is -0.252. The third-order valence-electron chi connectivity index (χ3n) is 8.25. The van der Waals surface area contributed by atoms with E-state index >= 15 is 0 Å². The summed E-state index contributed by atoms with van der Waals surface area (Å²) in [4.78, 5) is 15.4. The molecule has 1 unspecified atom stereocenters. The maximum Gasteiger partial charge on any atom is 0.253 e. The highest BCUT2D eigenvalue weighted by Crippen LogP contribution is 2.45. The van der Waals surface area contributed by atoms with Crippen molar-refractivity contribution in [2.45, 2.75) is 52.4 Å². The average Bonchev–Trinajstić information content (AvgIpc) is 2.89. The number of piperidine rings is 1. The summed E-state index contributed by atoms with van der Waals surface area (Å²) in [6.07, 6.45) is 2.75. The first-order valence-corrected chi connectivity index (χ1v) is 13.0. The van der Waals surface area contributed by atoms with Crippen molar-refractivity contribution in [3.05, 3.63) is 108 Å². The van der Waals surface area contributed by atoms with Crippen molar-refractivity contribution in [2.75, 3.05) is 13.1 Å². The van der Waals surface area contributed by atoms with Gasteiger partial charge in [0.25, 0.3) is 5.91 Å². The normalized spacial score (nSPS) is 16.4. The summed E-state index contributed by atoms with van der Waals surface area (Å²) in [5.41, 5.74) is 5.30. The van der Waals surface area contributed by atoms with Gasteiger partial charge in [0.1, 0.15) is 5.82 Å². The van der Waals surface area contributed by atoms with Crippen LogP contribution in [0.4, 0.5) is 4.39 Å². The number of hydrogen-bond donors (Lipinski definition) is 0. The van der Waals surface area contributed by atoms with Crippen LogP contribution < -0.4 is 0 Å². The van der Waals surface area contributed by atoms with E-state index < -0.39 is 0 Å². The smallest absolute Gasteiger partial charge is 0.253 e. The molecule has 3 heteroatoms. The van der Waals surface area contributed by atoms with E-state index in [1.807, 2.05) is 29.2 Å². The zero-order valence-electron chi connectivity index (χ0n) is 22.1. The van der Waals surface area contributed by atoms with Crippen LogP contribution in [0.2, 0.25) is 0 Å². The molecular formula is C33H38FNO. The predicted octanol–water partition coefficient (Wildman–Crippen LogP) is 8.30. The van der Waals surface area contributed by atoms with E-state index in [2.05, 4.69) is 64.6 Å². The first kappa shape index (κ1) is 25.9. The number of likely N-dealkylation sites (tertiary alicyclic amines) is 1. The zero-order valence-corrected chi connectivity index (χ0v) is 22.1. The Balaban J connectivity index is 1.50. The van der Waals surface area contributed by atoms with Gasteiger partial charge in [0, 0.05) is 24.1 Å². The van der Waals surface area contributed by atoms with E-state index in [1.165, 1.54) is 23.3 Å². The molecule has 3 aromatic carbocycles. The molecule has 4 rings (SSSR count). The molecule has 1 aliphatic rings. The fourth-order valence-electron chi connectivity index (χ4n) is 5.20. The molecule has 0 saturated carbocycles. The summed E-state index contributed by atoms with van der Waals surface area (Å²) >= 11 is 0. The van der Waals surface area contributed by atoms with Crippen LogP contribution in [0.15, 0.2) is 91.0 Å². The van der Waals surface area contributed by atoms with Crippen molar-refractivity contribution in [3.63, 3.8) is 0 Å². The number of allylic oxidation sites excluding steroid dienone is 1. The number of halogens is 1. The number of amides is 1. The number of benzene rings is 3. The molecule has 0 spiro atoms. The molecule has 2 nitrogen and oxygen atoms in total. The lowest BCUT2D eigenvalue weighted by Gasteiger charge is -2.45. The maximum atomic E-state index is 13.4. The Hall–Kier alpha value is -3.20. The van der Waals surface area contributed by atoms with Gasteiger partial charge in [-0.3, -0.25) is 4.79 Å². The number of carbonyl (C=O) groups is 1. The minimum absolute atomic E-state index is 0.0657. The lowest BCUT2D eigenvalue weighted by atomic mass is 9.64. The molecule has 1 atom stereocenters. The summed E-state index contributed by atoms with van der Waals surface area (Å²) < 4.78 is 13.2. The van der Waals surface area contributed by atoms with Gasteiger partial charge in [0.05, 0.1) is 0 Å². The van der Waals surface area contributed by atoms with E-state index in [0.717, 1.165) is 30.4 Å². The van der Waals surface area contributed by atoms with Gasteiger partial charge in [-0.25, -0.2) is 4.39 Å². The van der Waals surface area contributed by atoms with Crippen molar-refractivity contribution in [1.82, 2.24) is 4.90 Å². The fourth-order valence-corrected chi connectivity index (χ4v) is 5.20. The standard InChI is InChI=1S/C33H38FNO/c1-24(32(3,4)5)23-25(2)33(29-9-7-6-8-10-29)19-21-35(22-20-33)31(36)28-13-11-26(12-14-28)27-15-17-30(34)18-16-27/h6-18,24H,2,19-23H2,1,3-5H3. The molecule has 0 radical (unpaired) electrons. The van der Waals surface area contributed by atoms with Crippen LogP contribution in [0.3, 0.4) is 0 Å². The van der Waals surface area contributed by atoms with Gasteiger partial charge in [-0.2, -0.15) is 0 Å². The van der Waals surface area contributed by atoms with E-state index in [-0.39, 0.29) is 22.6 Å². The molecule has 1 aliphatic heterocycles. The third-order valence-corrected chi connectivity index (χ3v) is 8.25. The van der Waals surface area contributed by atoms with Gasteiger partial charge in [-0.15, -0.1) is 0 Å². The van der Waals surface area contributed by atoms with Gasteiger partial charge >= 0.3 is 0 Å². The quantitative estimate of drug-likeness (QED) is 0.323. The Bertz CT molecular complexity index is 1180. The Kier molecular flexibility index (Phi) is 7.49. The van der Waals surface area contributed by atoms with Crippen molar-refractivity contribution in [1.29, 1.82) is 0 Å². The number of nitrogens with zero attached hydrogens (tertiary/aromatic N) is 1. The predicted molar refractivity (Wildman–Crippen MR) is 147 cm³/mol. The van der Waals surface area contributed by atoms with Crippen molar-refractivity contribution in [2.24, 2.45) is 11.3 Å². The highest BCUT2D eigenvalue weighted by Gasteiger charge is 2.40. The minimum Gasteiger partial charge on any atom is -0.339 e. The van der Waals surface area contributed by atoms with Crippen molar-refractivity contribution >= 4 is 5.91 Å². The molecule has 36 heavy (non-hydrogen) atoms. The lowest BCUT2D eigenvalue weighted by Crippen LogP contribution is -2.46. The largest absolute Gasteiger partial charge is 0.339 e. The molecule has 0 bridgehead atoms. The second kappa shape index (κ2) is 10.4. The monoisotopic (exact) mass is 483 g/mol. The van der Waals surface area contributed by atoms with Gasteiger partial charge in [0.15, 0.2) is 0 Å². The molecule has 1 heterocycles. The van der Waals surface area contributed by atoms with Crippen molar-refractivity contribution in [3.8, 4) is 11.1 Å². The first-order valence-electron chi connectivity index (χ1n) is 13.0. The van der Waals surface area contributed by atoms with E-state index in [0.29, 0.717) is 24.6 Å². The molecule has 1 fully saturated rings. The second-order valence-electron chi connectivity index (χ2n) is 11.4. The fraction of sp³-hybridized carbons (Fsp3) is 0.364. The average molecular weight is 484 g/mol. The maximum absolute atomic E-state index is 13.4. The summed E-state index contributed by atoms with van der Waals surface area (Å²) in [6.45, 7) is 15.2. The number of carbonyl (C=O) groups excluding carboxylic acids is 1. The Morgan fingerprint density at radius 1 is 0.917 bits per heavy atom. The molecule has 188 valence electrons. The highest BCUT2D eigenvalue weighted by molar-refractivity contribution is 5.94. The van der Waals surface area contributed by atoms with E-state index in [9.17, 15) is 9.18 Å². The van der Waals surface area contributed by atoms with Crippen LogP contribution in [0, 0.1) is 17.2 Å². The summed E-state index contributed by atoms with van der Waals surface area (Å²) in [5.74, 6) is 0.332. The summed E-state index contributed by atoms with van der Waals surface area (Å²) in [5, 5.41) is 0. The van der Waals surface area contributed by atoms with Gasteiger partial charge in [-0.05, 0) is 71.6 Å². The van der Waals surface area contributed by atoms with Crippen LogP contribution >= 0.6 is 0 Å². The van der Waals surface area contributed by atoms with Crippen LogP contribution in [0.5, 0.6) is 0 Å². The lowest BCUT2D eigenvalue weighted by molar-refractivity contribution is 0.0680. The third kappa shape index (κ3) is 5.46. The second-order valence-corrected chi connectivity index (χ2v) is 11.4. The van der Waals surface area contributed by atoms with Crippen LogP contribution in [-0.4, -0.2) is 23.9 Å². The number of rotatable bonds is 6. The van der Waals surface area contributed by atoms with Crippen molar-refractivity contribution < 1.29 is 9.18 Å². The van der Waals surface area contributed by atoms with E-state index in [4.69, 9.17) is 0 Å². The van der Waals surface area contributed by atoms with Crippen LogP contribution in [0.25, 0.3) is 11.1 Å². The topological polar surface area (TPSA) is 20.3 Å². The summed E-state index contributed by atoms with van der Waals surface area (Å²) in [6, 6.07) is 24.8. The molecule has 1 amide bonds. The van der Waals surface area contributed by atoms with E-state index in [1.54, 1.807) is 12.1 Å². The Morgan fingerprint density at radius 2 is 1.44 bits per heavy atom. The van der Waals surface area contributed by atoms with Gasteiger partial charge in [-0.1, -0.05) is 94.4 Å². The Labute approximate surface area is 215 Å². The number of hydrogen-bond acceptors (Lipinski definition) is 1. The highest BCUT2D eigenvalue weighted by atomic mass is 19.1. The zero-order chi connectivity index (χ0) is 25.9.